The molecule has 16 heavy (non-hydrogen) atoms. The number of likely N-dealkylation sites (N-methyl/N-ethyl adjacent to an activating group) is 1. The molecule has 2 nitrogen and oxygen atoms in total. The fourth-order valence-corrected chi connectivity index (χ4v) is 2.61. The van der Waals surface area contributed by atoms with Crippen molar-refractivity contribution in [3.8, 4) is 0 Å². The molecule has 1 N–H and O–H groups in total. The van der Waals surface area contributed by atoms with Crippen molar-refractivity contribution in [2.75, 3.05) is 7.05 Å². The molecule has 3 unspecified atom stereocenters. The predicted molar refractivity (Wildman–Crippen MR) is 69.8 cm³/mol. The predicted octanol–water partition coefficient (Wildman–Crippen LogP) is 3.50. The van der Waals surface area contributed by atoms with Crippen molar-refractivity contribution in [3.63, 3.8) is 0 Å². The van der Waals surface area contributed by atoms with Crippen molar-refractivity contribution >= 4 is 0 Å². The Morgan fingerprint density at radius 2 is 1.94 bits per heavy atom. The minimum Gasteiger partial charge on any atom is -0.374 e. The Labute approximate surface area is 101 Å². The van der Waals surface area contributed by atoms with Crippen LogP contribution in [0.25, 0.3) is 0 Å². The van der Waals surface area contributed by atoms with E-state index >= 15 is 0 Å². The molecule has 0 spiro atoms. The average molecular weight is 227 g/mol. The second-order valence-electron chi connectivity index (χ2n) is 5.16. The number of rotatable bonds is 8. The second kappa shape index (κ2) is 8.08. The van der Waals surface area contributed by atoms with Crippen molar-refractivity contribution in [3.05, 3.63) is 0 Å². The Hall–Kier alpha value is -0.0800. The SMILES string of the molecule is CCCCCCCC(NC)C1CCC(C)O1. The standard InChI is InChI=1S/C14H29NO/c1-4-5-6-7-8-9-13(15-3)14-11-10-12(2)16-14/h12-15H,4-11H2,1-3H3. The third kappa shape index (κ3) is 4.84. The van der Waals surface area contributed by atoms with E-state index in [0.29, 0.717) is 18.2 Å². The normalized spacial score (nSPS) is 27.2. The van der Waals surface area contributed by atoms with Crippen molar-refractivity contribution in [1.29, 1.82) is 0 Å². The van der Waals surface area contributed by atoms with Crippen LogP contribution in [0.2, 0.25) is 0 Å². The summed E-state index contributed by atoms with van der Waals surface area (Å²) in [7, 11) is 2.07. The Morgan fingerprint density at radius 1 is 1.19 bits per heavy atom. The molecule has 96 valence electrons. The summed E-state index contributed by atoms with van der Waals surface area (Å²) in [5.74, 6) is 0. The molecule has 3 atom stereocenters. The lowest BCUT2D eigenvalue weighted by Gasteiger charge is -2.23. The summed E-state index contributed by atoms with van der Waals surface area (Å²) < 4.78 is 5.93. The van der Waals surface area contributed by atoms with Crippen LogP contribution in [0.1, 0.15) is 65.2 Å². The van der Waals surface area contributed by atoms with E-state index in [1.165, 1.54) is 51.4 Å². The first-order valence-electron chi connectivity index (χ1n) is 7.10. The molecule has 0 aromatic heterocycles. The molecule has 0 amide bonds. The summed E-state index contributed by atoms with van der Waals surface area (Å²) in [6.45, 7) is 4.46. The van der Waals surface area contributed by atoms with Gasteiger partial charge in [0.1, 0.15) is 0 Å². The van der Waals surface area contributed by atoms with Crippen LogP contribution in [-0.4, -0.2) is 25.3 Å². The molecule has 1 aliphatic heterocycles. The van der Waals surface area contributed by atoms with Gasteiger partial charge in [-0.3, -0.25) is 0 Å². The molecule has 0 aromatic carbocycles. The zero-order valence-corrected chi connectivity index (χ0v) is 11.3. The van der Waals surface area contributed by atoms with Crippen LogP contribution in [0.5, 0.6) is 0 Å². The highest BCUT2D eigenvalue weighted by molar-refractivity contribution is 4.81. The second-order valence-corrected chi connectivity index (χ2v) is 5.16. The minimum atomic E-state index is 0.464. The molecular weight excluding hydrogens is 198 g/mol. The molecule has 1 rings (SSSR count). The number of hydrogen-bond donors (Lipinski definition) is 1. The Bertz CT molecular complexity index is 172. The first-order chi connectivity index (χ1) is 7.77. The molecular formula is C14H29NO. The highest BCUT2D eigenvalue weighted by Crippen LogP contribution is 2.24. The van der Waals surface area contributed by atoms with Crippen LogP contribution in [-0.2, 0) is 4.74 Å². The summed E-state index contributed by atoms with van der Waals surface area (Å²) in [5, 5.41) is 3.43. The van der Waals surface area contributed by atoms with Crippen LogP contribution >= 0.6 is 0 Å². The molecule has 1 heterocycles. The van der Waals surface area contributed by atoms with E-state index in [4.69, 9.17) is 4.74 Å². The van der Waals surface area contributed by atoms with Gasteiger partial charge in [0.2, 0.25) is 0 Å². The number of nitrogens with one attached hydrogen (secondary N) is 1. The maximum absolute atomic E-state index is 5.93. The summed E-state index contributed by atoms with van der Waals surface area (Å²) in [5.41, 5.74) is 0. The largest absolute Gasteiger partial charge is 0.374 e. The lowest BCUT2D eigenvalue weighted by Crippen LogP contribution is -2.37. The minimum absolute atomic E-state index is 0.464. The van der Waals surface area contributed by atoms with E-state index in [-0.39, 0.29) is 0 Å². The van der Waals surface area contributed by atoms with Crippen LogP contribution in [0, 0.1) is 0 Å². The maximum Gasteiger partial charge on any atom is 0.0732 e. The van der Waals surface area contributed by atoms with Crippen LogP contribution in [0.15, 0.2) is 0 Å². The van der Waals surface area contributed by atoms with Crippen molar-refractivity contribution in [2.45, 2.75) is 83.5 Å². The van der Waals surface area contributed by atoms with Crippen LogP contribution < -0.4 is 5.32 Å². The van der Waals surface area contributed by atoms with E-state index in [1.54, 1.807) is 0 Å². The smallest absolute Gasteiger partial charge is 0.0732 e. The van der Waals surface area contributed by atoms with Crippen molar-refractivity contribution < 1.29 is 4.74 Å². The zero-order chi connectivity index (χ0) is 11.8. The monoisotopic (exact) mass is 227 g/mol. The Morgan fingerprint density at radius 3 is 2.50 bits per heavy atom. The average Bonchev–Trinajstić information content (AvgIpc) is 2.70. The Balaban J connectivity index is 2.11. The van der Waals surface area contributed by atoms with Gasteiger partial charge in [0.25, 0.3) is 0 Å². The summed E-state index contributed by atoms with van der Waals surface area (Å²) in [6.07, 6.45) is 11.5. The van der Waals surface area contributed by atoms with Gasteiger partial charge in [0.15, 0.2) is 0 Å². The van der Waals surface area contributed by atoms with Crippen molar-refractivity contribution in [2.24, 2.45) is 0 Å². The van der Waals surface area contributed by atoms with Gasteiger partial charge < -0.3 is 10.1 Å². The summed E-state index contributed by atoms with van der Waals surface area (Å²) in [6, 6.07) is 0.576. The topological polar surface area (TPSA) is 21.3 Å². The van der Waals surface area contributed by atoms with Gasteiger partial charge in [-0.15, -0.1) is 0 Å². The van der Waals surface area contributed by atoms with Crippen LogP contribution in [0.3, 0.4) is 0 Å². The molecule has 1 fully saturated rings. The first kappa shape index (κ1) is 14.0. The third-order valence-electron chi connectivity index (χ3n) is 3.70. The highest BCUT2D eigenvalue weighted by atomic mass is 16.5. The molecule has 0 bridgehead atoms. The van der Waals surface area contributed by atoms with Crippen molar-refractivity contribution in [1.82, 2.24) is 5.32 Å². The summed E-state index contributed by atoms with van der Waals surface area (Å²) in [4.78, 5) is 0. The molecule has 0 aliphatic carbocycles. The quantitative estimate of drug-likeness (QED) is 0.641. The number of unbranched alkanes of at least 4 members (excludes halogenated alkanes) is 4. The van der Waals surface area contributed by atoms with E-state index in [0.717, 1.165) is 0 Å². The van der Waals surface area contributed by atoms with Gasteiger partial charge in [0.05, 0.1) is 12.2 Å². The lowest BCUT2D eigenvalue weighted by atomic mass is 10.0. The van der Waals surface area contributed by atoms with Gasteiger partial charge in [-0.1, -0.05) is 39.0 Å². The van der Waals surface area contributed by atoms with E-state index in [2.05, 4.69) is 26.2 Å². The fourth-order valence-electron chi connectivity index (χ4n) is 2.61. The van der Waals surface area contributed by atoms with Gasteiger partial charge in [0, 0.05) is 6.04 Å². The maximum atomic E-state index is 5.93. The van der Waals surface area contributed by atoms with Gasteiger partial charge in [-0.2, -0.15) is 0 Å². The molecule has 0 saturated carbocycles. The molecule has 0 radical (unpaired) electrons. The third-order valence-corrected chi connectivity index (χ3v) is 3.70. The number of hydrogen-bond acceptors (Lipinski definition) is 2. The van der Waals surface area contributed by atoms with Gasteiger partial charge >= 0.3 is 0 Å². The molecule has 1 aliphatic rings. The van der Waals surface area contributed by atoms with E-state index in [9.17, 15) is 0 Å². The van der Waals surface area contributed by atoms with Gasteiger partial charge in [-0.25, -0.2) is 0 Å². The zero-order valence-electron chi connectivity index (χ0n) is 11.3. The molecule has 0 aromatic rings. The molecule has 1 saturated heterocycles. The van der Waals surface area contributed by atoms with Crippen LogP contribution in [0.4, 0.5) is 0 Å². The van der Waals surface area contributed by atoms with E-state index in [1.807, 2.05) is 0 Å². The Kier molecular flexibility index (Phi) is 7.06. The summed E-state index contributed by atoms with van der Waals surface area (Å²) >= 11 is 0. The first-order valence-corrected chi connectivity index (χ1v) is 7.10. The highest BCUT2D eigenvalue weighted by Gasteiger charge is 2.27. The fraction of sp³-hybridized carbons (Fsp3) is 1.00. The lowest BCUT2D eigenvalue weighted by molar-refractivity contribution is 0.0312. The van der Waals surface area contributed by atoms with E-state index < -0.39 is 0 Å². The number of ether oxygens (including phenoxy) is 1. The molecule has 2 heteroatoms. The van der Waals surface area contributed by atoms with Gasteiger partial charge in [-0.05, 0) is 33.2 Å².